The van der Waals surface area contributed by atoms with Gasteiger partial charge in [-0.1, -0.05) is 6.42 Å². The third-order valence-corrected chi connectivity index (χ3v) is 3.46. The summed E-state index contributed by atoms with van der Waals surface area (Å²) in [6.45, 7) is 1.74. The lowest BCUT2D eigenvalue weighted by atomic mass is 9.93. The van der Waals surface area contributed by atoms with E-state index in [1.54, 1.807) is 0 Å². The molecule has 2 atom stereocenters. The van der Waals surface area contributed by atoms with Crippen LogP contribution in [0.3, 0.4) is 0 Å². The Morgan fingerprint density at radius 2 is 2.00 bits per heavy atom. The molecule has 1 saturated heterocycles. The highest BCUT2D eigenvalue weighted by Gasteiger charge is 2.49. The fraction of sp³-hybridized carbons (Fsp3) is 1.00. The van der Waals surface area contributed by atoms with Gasteiger partial charge in [-0.25, -0.2) is 4.39 Å². The van der Waals surface area contributed by atoms with Crippen LogP contribution in [0.5, 0.6) is 0 Å². The average Bonchev–Trinajstić information content (AvgIpc) is 2.03. The van der Waals surface area contributed by atoms with Gasteiger partial charge in [-0.05, 0) is 42.2 Å². The van der Waals surface area contributed by atoms with Gasteiger partial charge in [-0.15, -0.1) is 0 Å². The minimum atomic E-state index is -3.45. The van der Waals surface area contributed by atoms with Gasteiger partial charge in [-0.3, -0.25) is 0 Å². The van der Waals surface area contributed by atoms with Crippen molar-refractivity contribution < 1.29 is 13.2 Å². The quantitative estimate of drug-likeness (QED) is 0.779. The molecule has 0 aliphatic carbocycles. The molecular weight excluding hydrogens is 259 g/mol. The van der Waals surface area contributed by atoms with Crippen molar-refractivity contribution in [2.45, 2.75) is 49.1 Å². The second-order valence-corrected chi connectivity index (χ2v) is 5.04. The third-order valence-electron chi connectivity index (χ3n) is 2.63. The molecule has 0 saturated carbocycles. The summed E-state index contributed by atoms with van der Waals surface area (Å²) in [4.78, 5) is -3.45. The molecule has 0 aromatic heterocycles. The molecule has 0 aromatic carbocycles. The summed E-state index contributed by atoms with van der Waals surface area (Å²) in [5.41, 5.74) is -2.48. The first-order valence-electron chi connectivity index (χ1n) is 4.82. The van der Waals surface area contributed by atoms with Crippen LogP contribution in [-0.2, 0) is 0 Å². The zero-order chi connectivity index (χ0) is 10.8. The number of hydrogen-bond acceptors (Lipinski definition) is 1. The first-order valence-corrected chi connectivity index (χ1v) is 5.61. The molecule has 1 nitrogen and oxygen atoms in total. The van der Waals surface area contributed by atoms with Gasteiger partial charge >= 0.3 is 4.83 Å². The Bertz CT molecular complexity index is 185. The summed E-state index contributed by atoms with van der Waals surface area (Å²) in [5.74, 6) is 0. The standard InChI is InChI=1S/C9H15BrF3N/c1-8(11,9(10,12)13)6-7-4-2-3-5-14-7/h7,14H,2-6H2,1H3. The first kappa shape index (κ1) is 12.3. The third kappa shape index (κ3) is 3.12. The molecule has 0 bridgehead atoms. The van der Waals surface area contributed by atoms with Crippen LogP contribution in [0.4, 0.5) is 13.2 Å². The van der Waals surface area contributed by atoms with Crippen LogP contribution in [0.2, 0.25) is 0 Å². The van der Waals surface area contributed by atoms with E-state index in [4.69, 9.17) is 0 Å². The zero-order valence-corrected chi connectivity index (χ0v) is 9.71. The Kier molecular flexibility index (Phi) is 3.86. The molecule has 2 unspecified atom stereocenters. The van der Waals surface area contributed by atoms with Gasteiger partial charge in [-0.2, -0.15) is 8.78 Å². The van der Waals surface area contributed by atoms with Crippen molar-refractivity contribution in [2.24, 2.45) is 0 Å². The Balaban J connectivity index is 2.49. The maximum absolute atomic E-state index is 13.5. The lowest BCUT2D eigenvalue weighted by Gasteiger charge is -2.32. The van der Waals surface area contributed by atoms with E-state index >= 15 is 0 Å². The number of rotatable bonds is 3. The van der Waals surface area contributed by atoms with Gasteiger partial charge in [0.1, 0.15) is 0 Å². The van der Waals surface area contributed by atoms with Gasteiger partial charge in [0.15, 0.2) is 5.67 Å². The molecule has 1 fully saturated rings. The van der Waals surface area contributed by atoms with E-state index in [-0.39, 0.29) is 12.5 Å². The molecule has 1 N–H and O–H groups in total. The van der Waals surface area contributed by atoms with Crippen molar-refractivity contribution in [1.29, 1.82) is 0 Å². The average molecular weight is 274 g/mol. The molecule has 0 spiro atoms. The van der Waals surface area contributed by atoms with Crippen LogP contribution in [0.15, 0.2) is 0 Å². The molecule has 1 aliphatic heterocycles. The van der Waals surface area contributed by atoms with Gasteiger partial charge in [0.2, 0.25) is 0 Å². The Morgan fingerprint density at radius 3 is 2.43 bits per heavy atom. The summed E-state index contributed by atoms with van der Waals surface area (Å²) < 4.78 is 39.1. The van der Waals surface area contributed by atoms with Crippen LogP contribution in [-0.4, -0.2) is 23.1 Å². The van der Waals surface area contributed by atoms with E-state index in [9.17, 15) is 13.2 Å². The summed E-state index contributed by atoms with van der Waals surface area (Å²) in [6.07, 6.45) is 2.67. The van der Waals surface area contributed by atoms with Crippen LogP contribution in [0, 0.1) is 0 Å². The fourth-order valence-corrected chi connectivity index (χ4v) is 1.84. The highest BCUT2D eigenvalue weighted by molar-refractivity contribution is 9.10. The molecule has 1 rings (SSSR count). The lowest BCUT2D eigenvalue weighted by Crippen LogP contribution is -2.45. The molecule has 1 heterocycles. The van der Waals surface area contributed by atoms with E-state index in [1.807, 2.05) is 0 Å². The molecule has 0 radical (unpaired) electrons. The van der Waals surface area contributed by atoms with E-state index in [1.165, 1.54) is 0 Å². The lowest BCUT2D eigenvalue weighted by molar-refractivity contribution is -0.0577. The molecule has 84 valence electrons. The maximum atomic E-state index is 13.5. The molecule has 1 aliphatic rings. The smallest absolute Gasteiger partial charge is 0.314 e. The van der Waals surface area contributed by atoms with Crippen molar-refractivity contribution in [3.05, 3.63) is 0 Å². The van der Waals surface area contributed by atoms with Crippen LogP contribution >= 0.6 is 15.9 Å². The number of piperidine rings is 1. The largest absolute Gasteiger partial charge is 0.334 e. The second kappa shape index (κ2) is 4.39. The van der Waals surface area contributed by atoms with Crippen LogP contribution in [0.25, 0.3) is 0 Å². The molecule has 0 aromatic rings. The van der Waals surface area contributed by atoms with Crippen molar-refractivity contribution in [3.63, 3.8) is 0 Å². The van der Waals surface area contributed by atoms with E-state index in [0.717, 1.165) is 32.7 Å². The van der Waals surface area contributed by atoms with Crippen molar-refractivity contribution >= 4 is 15.9 Å². The highest BCUT2D eigenvalue weighted by atomic mass is 79.9. The first-order chi connectivity index (χ1) is 6.33. The minimum Gasteiger partial charge on any atom is -0.314 e. The SMILES string of the molecule is CC(F)(CC1CCCCN1)C(F)(F)Br. The van der Waals surface area contributed by atoms with E-state index in [0.29, 0.717) is 0 Å². The molecular formula is C9H15BrF3N. The summed E-state index contributed by atoms with van der Waals surface area (Å²) in [5, 5.41) is 3.05. The second-order valence-electron chi connectivity index (χ2n) is 4.05. The van der Waals surface area contributed by atoms with E-state index < -0.39 is 10.5 Å². The monoisotopic (exact) mass is 273 g/mol. The zero-order valence-electron chi connectivity index (χ0n) is 8.12. The highest BCUT2D eigenvalue weighted by Crippen LogP contribution is 2.41. The Labute approximate surface area is 90.6 Å². The van der Waals surface area contributed by atoms with Gasteiger partial charge in [0.25, 0.3) is 0 Å². The molecule has 5 heteroatoms. The van der Waals surface area contributed by atoms with E-state index in [2.05, 4.69) is 21.2 Å². The number of nitrogens with one attached hydrogen (secondary N) is 1. The van der Waals surface area contributed by atoms with Crippen molar-refractivity contribution in [3.8, 4) is 0 Å². The predicted molar refractivity (Wildman–Crippen MR) is 53.6 cm³/mol. The number of halogens is 4. The topological polar surface area (TPSA) is 12.0 Å². The predicted octanol–water partition coefficient (Wildman–Crippen LogP) is 3.23. The summed E-state index contributed by atoms with van der Waals surface area (Å²) in [6, 6.07) is -0.123. The normalized spacial score (nSPS) is 28.5. The molecule has 0 amide bonds. The molecule has 14 heavy (non-hydrogen) atoms. The Morgan fingerprint density at radius 1 is 1.36 bits per heavy atom. The maximum Gasteiger partial charge on any atom is 0.334 e. The van der Waals surface area contributed by atoms with Crippen LogP contribution in [0.1, 0.15) is 32.6 Å². The number of alkyl halides is 4. The minimum absolute atomic E-state index is 0.123. The van der Waals surface area contributed by atoms with Gasteiger partial charge in [0.05, 0.1) is 0 Å². The van der Waals surface area contributed by atoms with Crippen LogP contribution < -0.4 is 5.32 Å². The van der Waals surface area contributed by atoms with Gasteiger partial charge < -0.3 is 5.32 Å². The fourth-order valence-electron chi connectivity index (χ4n) is 1.68. The van der Waals surface area contributed by atoms with Crippen molar-refractivity contribution in [1.82, 2.24) is 5.32 Å². The summed E-state index contributed by atoms with van der Waals surface area (Å²) in [7, 11) is 0. The van der Waals surface area contributed by atoms with Gasteiger partial charge in [0, 0.05) is 12.5 Å². The Hall–Kier alpha value is 0.230. The van der Waals surface area contributed by atoms with Crippen molar-refractivity contribution in [2.75, 3.05) is 6.54 Å². The number of hydrogen-bond donors (Lipinski definition) is 1. The summed E-state index contributed by atoms with van der Waals surface area (Å²) >= 11 is 2.09.